The van der Waals surface area contributed by atoms with Gasteiger partial charge in [-0.25, -0.2) is 0 Å². The molecule has 0 atom stereocenters. The Morgan fingerprint density at radius 1 is 1.40 bits per heavy atom. The predicted molar refractivity (Wildman–Crippen MR) is 67.2 cm³/mol. The first kappa shape index (κ1) is 12.9. The summed E-state index contributed by atoms with van der Waals surface area (Å²) in [6.45, 7) is 4.43. The lowest BCUT2D eigenvalue weighted by Crippen LogP contribution is -2.32. The van der Waals surface area contributed by atoms with Gasteiger partial charge in [0.2, 0.25) is 5.91 Å². The van der Waals surface area contributed by atoms with Gasteiger partial charge in [0.15, 0.2) is 0 Å². The smallest absolute Gasteiger partial charge is 0.221 e. The summed E-state index contributed by atoms with van der Waals surface area (Å²) in [4.78, 5) is 11.5. The molecule has 3 heteroatoms. The molecule has 0 aromatic carbocycles. The van der Waals surface area contributed by atoms with Gasteiger partial charge in [-0.3, -0.25) is 4.79 Å². The molecule has 1 amide bonds. The van der Waals surface area contributed by atoms with Crippen molar-refractivity contribution in [2.45, 2.75) is 52.0 Å². The lowest BCUT2D eigenvalue weighted by atomic mass is 10.2. The molecule has 2 nitrogen and oxygen atoms in total. The number of carbonyl (C=O) groups is 1. The number of nitrogens with one attached hydrogen (secondary N) is 1. The molecule has 1 aliphatic carbocycles. The van der Waals surface area contributed by atoms with Crippen molar-refractivity contribution < 1.29 is 4.79 Å². The Hall–Kier alpha value is -0.180. The van der Waals surface area contributed by atoms with Gasteiger partial charge in [0.1, 0.15) is 0 Å². The van der Waals surface area contributed by atoms with Gasteiger partial charge >= 0.3 is 0 Å². The molecule has 1 N–H and O–H groups in total. The lowest BCUT2D eigenvalue weighted by Gasteiger charge is -2.11. The third-order valence-corrected chi connectivity index (χ3v) is 4.04. The van der Waals surface area contributed by atoms with Crippen LogP contribution in [0, 0.1) is 5.92 Å². The minimum absolute atomic E-state index is 0.248. The van der Waals surface area contributed by atoms with E-state index < -0.39 is 0 Å². The molecule has 0 unspecified atom stereocenters. The van der Waals surface area contributed by atoms with Crippen molar-refractivity contribution in [3.05, 3.63) is 0 Å². The van der Waals surface area contributed by atoms with Crippen LogP contribution in [-0.2, 0) is 4.79 Å². The summed E-state index contributed by atoms with van der Waals surface area (Å²) in [6.07, 6.45) is 5.63. The quantitative estimate of drug-likeness (QED) is 0.710. The Balaban J connectivity index is 1.98. The molecule has 0 bridgehead atoms. The maximum atomic E-state index is 11.5. The zero-order valence-electron chi connectivity index (χ0n) is 9.92. The fourth-order valence-corrected chi connectivity index (χ4v) is 2.82. The highest BCUT2D eigenvalue weighted by atomic mass is 32.2. The van der Waals surface area contributed by atoms with Gasteiger partial charge in [0, 0.05) is 18.2 Å². The highest BCUT2D eigenvalue weighted by Gasteiger charge is 2.16. The van der Waals surface area contributed by atoms with Gasteiger partial charge < -0.3 is 5.32 Å². The zero-order valence-corrected chi connectivity index (χ0v) is 10.7. The SMILES string of the molecule is CC(C)CSCCC(=O)NC1CCCC1. The number of thioether (sulfide) groups is 1. The standard InChI is InChI=1S/C12H23NOS/c1-10(2)9-15-8-7-12(14)13-11-5-3-4-6-11/h10-11H,3-9H2,1-2H3,(H,13,14). The van der Waals surface area contributed by atoms with E-state index in [1.165, 1.54) is 25.7 Å². The minimum atomic E-state index is 0.248. The summed E-state index contributed by atoms with van der Waals surface area (Å²) in [5.41, 5.74) is 0. The van der Waals surface area contributed by atoms with Crippen molar-refractivity contribution in [3.8, 4) is 0 Å². The van der Waals surface area contributed by atoms with Crippen LogP contribution < -0.4 is 5.32 Å². The van der Waals surface area contributed by atoms with Crippen LogP contribution >= 0.6 is 11.8 Å². The second kappa shape index (κ2) is 7.15. The molecule has 0 aromatic rings. The fraction of sp³-hybridized carbons (Fsp3) is 0.917. The van der Waals surface area contributed by atoms with Crippen LogP contribution in [0.2, 0.25) is 0 Å². The van der Waals surface area contributed by atoms with Gasteiger partial charge in [0.25, 0.3) is 0 Å². The molecule has 1 rings (SSSR count). The number of rotatable bonds is 6. The highest BCUT2D eigenvalue weighted by molar-refractivity contribution is 7.99. The first-order valence-corrected chi connectivity index (χ1v) is 7.21. The Kier molecular flexibility index (Phi) is 6.15. The normalized spacial score (nSPS) is 17.3. The van der Waals surface area contributed by atoms with Crippen molar-refractivity contribution in [1.82, 2.24) is 5.32 Å². The van der Waals surface area contributed by atoms with E-state index in [2.05, 4.69) is 19.2 Å². The molecule has 0 heterocycles. The molecule has 1 saturated carbocycles. The molecule has 88 valence electrons. The van der Waals surface area contributed by atoms with E-state index in [-0.39, 0.29) is 5.91 Å². The minimum Gasteiger partial charge on any atom is -0.353 e. The summed E-state index contributed by atoms with van der Waals surface area (Å²) in [7, 11) is 0. The predicted octanol–water partition coefficient (Wildman–Crippen LogP) is 2.82. The van der Waals surface area contributed by atoms with Crippen LogP contribution in [0.4, 0.5) is 0 Å². The summed E-state index contributed by atoms with van der Waals surface area (Å²) >= 11 is 1.89. The zero-order chi connectivity index (χ0) is 11.1. The molecule has 0 spiro atoms. The maximum Gasteiger partial charge on any atom is 0.221 e. The number of hydrogen-bond donors (Lipinski definition) is 1. The van der Waals surface area contributed by atoms with Crippen LogP contribution in [-0.4, -0.2) is 23.5 Å². The van der Waals surface area contributed by atoms with Gasteiger partial charge in [-0.1, -0.05) is 26.7 Å². The van der Waals surface area contributed by atoms with E-state index in [1.54, 1.807) is 0 Å². The molecule has 0 aliphatic heterocycles. The van der Waals surface area contributed by atoms with E-state index in [9.17, 15) is 4.79 Å². The second-order valence-corrected chi connectivity index (χ2v) is 5.92. The van der Waals surface area contributed by atoms with Crippen LogP contribution in [0.1, 0.15) is 46.0 Å². The monoisotopic (exact) mass is 229 g/mol. The average Bonchev–Trinajstić information content (AvgIpc) is 2.64. The van der Waals surface area contributed by atoms with Crippen molar-refractivity contribution in [3.63, 3.8) is 0 Å². The third kappa shape index (κ3) is 6.08. The van der Waals surface area contributed by atoms with Gasteiger partial charge in [-0.2, -0.15) is 11.8 Å². The van der Waals surface area contributed by atoms with Crippen molar-refractivity contribution in [1.29, 1.82) is 0 Å². The molecular weight excluding hydrogens is 206 g/mol. The first-order chi connectivity index (χ1) is 7.18. The van der Waals surface area contributed by atoms with E-state index in [0.717, 1.165) is 17.4 Å². The molecule has 0 radical (unpaired) electrons. The molecular formula is C12H23NOS. The van der Waals surface area contributed by atoms with E-state index in [1.807, 2.05) is 11.8 Å². The maximum absolute atomic E-state index is 11.5. The van der Waals surface area contributed by atoms with Crippen molar-refractivity contribution in [2.24, 2.45) is 5.92 Å². The van der Waals surface area contributed by atoms with Crippen LogP contribution in [0.5, 0.6) is 0 Å². The fourth-order valence-electron chi connectivity index (χ4n) is 1.85. The third-order valence-electron chi connectivity index (χ3n) is 2.64. The number of amides is 1. The van der Waals surface area contributed by atoms with Gasteiger partial charge in [0.05, 0.1) is 0 Å². The van der Waals surface area contributed by atoms with E-state index in [0.29, 0.717) is 12.5 Å². The molecule has 0 aromatic heterocycles. The average molecular weight is 229 g/mol. The summed E-state index contributed by atoms with van der Waals surface area (Å²) in [5, 5.41) is 3.11. The highest BCUT2D eigenvalue weighted by Crippen LogP contribution is 2.17. The Labute approximate surface area is 97.6 Å². The first-order valence-electron chi connectivity index (χ1n) is 6.05. The molecule has 1 fully saturated rings. The second-order valence-electron chi connectivity index (χ2n) is 4.77. The van der Waals surface area contributed by atoms with Crippen LogP contribution in [0.15, 0.2) is 0 Å². The summed E-state index contributed by atoms with van der Waals surface area (Å²) < 4.78 is 0. The van der Waals surface area contributed by atoms with Gasteiger partial charge in [-0.05, 0) is 24.5 Å². The topological polar surface area (TPSA) is 29.1 Å². The van der Waals surface area contributed by atoms with Crippen molar-refractivity contribution in [2.75, 3.05) is 11.5 Å². The Morgan fingerprint density at radius 3 is 2.67 bits per heavy atom. The van der Waals surface area contributed by atoms with Gasteiger partial charge in [-0.15, -0.1) is 0 Å². The lowest BCUT2D eigenvalue weighted by molar-refractivity contribution is -0.121. The largest absolute Gasteiger partial charge is 0.353 e. The van der Waals surface area contributed by atoms with Crippen LogP contribution in [0.25, 0.3) is 0 Å². The molecule has 15 heavy (non-hydrogen) atoms. The Morgan fingerprint density at radius 2 is 2.07 bits per heavy atom. The Bertz CT molecular complexity index is 188. The molecule has 0 saturated heterocycles. The summed E-state index contributed by atoms with van der Waals surface area (Å²) in [5.74, 6) is 3.11. The van der Waals surface area contributed by atoms with E-state index in [4.69, 9.17) is 0 Å². The van der Waals surface area contributed by atoms with Crippen molar-refractivity contribution >= 4 is 17.7 Å². The van der Waals surface area contributed by atoms with Crippen LogP contribution in [0.3, 0.4) is 0 Å². The van der Waals surface area contributed by atoms with E-state index >= 15 is 0 Å². The molecule has 1 aliphatic rings. The number of hydrogen-bond acceptors (Lipinski definition) is 2. The summed E-state index contributed by atoms with van der Waals surface area (Å²) in [6, 6.07) is 0.479. The number of carbonyl (C=O) groups excluding carboxylic acids is 1.